The zero-order valence-corrected chi connectivity index (χ0v) is 12.1. The first-order chi connectivity index (χ1) is 10.3. The summed E-state index contributed by atoms with van der Waals surface area (Å²) >= 11 is 0. The molecule has 0 saturated carbocycles. The maximum Gasteiger partial charge on any atom is 0.127 e. The van der Waals surface area contributed by atoms with Gasteiger partial charge in [0, 0.05) is 24.3 Å². The van der Waals surface area contributed by atoms with Gasteiger partial charge in [0.25, 0.3) is 0 Å². The summed E-state index contributed by atoms with van der Waals surface area (Å²) in [5, 5.41) is 0. The van der Waals surface area contributed by atoms with Crippen molar-refractivity contribution in [3.8, 4) is 16.9 Å². The Labute approximate surface area is 126 Å². The minimum atomic E-state index is 0.634. The van der Waals surface area contributed by atoms with Gasteiger partial charge in [0.1, 0.15) is 12.4 Å². The molecule has 0 unspecified atom stereocenters. The van der Waals surface area contributed by atoms with Gasteiger partial charge in [-0.3, -0.25) is 0 Å². The van der Waals surface area contributed by atoms with Crippen LogP contribution in [0.15, 0.2) is 67.8 Å². The average molecular weight is 277 g/mol. The highest BCUT2D eigenvalue weighted by Crippen LogP contribution is 2.39. The third kappa shape index (κ3) is 2.57. The molecule has 1 aliphatic rings. The molecule has 0 fully saturated rings. The smallest absolute Gasteiger partial charge is 0.127 e. The molecule has 2 heteroatoms. The fourth-order valence-electron chi connectivity index (χ4n) is 2.71. The zero-order chi connectivity index (χ0) is 14.7. The summed E-state index contributed by atoms with van der Waals surface area (Å²) in [6, 6.07) is 14.7. The quantitative estimate of drug-likeness (QED) is 0.750. The Morgan fingerprint density at radius 2 is 1.76 bits per heavy atom. The molecule has 0 aliphatic carbocycles. The molecule has 3 rings (SSSR count). The van der Waals surface area contributed by atoms with Gasteiger partial charge < -0.3 is 9.64 Å². The van der Waals surface area contributed by atoms with E-state index in [1.165, 1.54) is 16.8 Å². The van der Waals surface area contributed by atoms with Crippen molar-refractivity contribution in [2.45, 2.75) is 6.61 Å². The molecule has 0 N–H and O–H groups in total. The number of hydrogen-bond donors (Lipinski definition) is 0. The van der Waals surface area contributed by atoms with Gasteiger partial charge in [-0.15, -0.1) is 13.2 Å². The molecule has 2 aromatic carbocycles. The Hall–Kier alpha value is -2.48. The lowest BCUT2D eigenvalue weighted by atomic mass is 9.96. The molecule has 106 valence electrons. The third-order valence-corrected chi connectivity index (χ3v) is 3.72. The molecule has 21 heavy (non-hydrogen) atoms. The SMILES string of the molecule is C=CCN(CC=C)c1ccc2c(c1)-c1ccccc1OC2. The summed E-state index contributed by atoms with van der Waals surface area (Å²) in [4.78, 5) is 2.25. The summed E-state index contributed by atoms with van der Waals surface area (Å²) in [6.45, 7) is 9.92. The van der Waals surface area contributed by atoms with Crippen LogP contribution in [-0.2, 0) is 6.61 Å². The van der Waals surface area contributed by atoms with Gasteiger partial charge in [0.2, 0.25) is 0 Å². The first-order valence-electron chi connectivity index (χ1n) is 7.15. The van der Waals surface area contributed by atoms with E-state index in [9.17, 15) is 0 Å². The largest absolute Gasteiger partial charge is 0.488 e. The molecule has 1 heterocycles. The van der Waals surface area contributed by atoms with E-state index < -0.39 is 0 Å². The van der Waals surface area contributed by atoms with E-state index in [1.807, 2.05) is 24.3 Å². The van der Waals surface area contributed by atoms with Crippen LogP contribution in [0.2, 0.25) is 0 Å². The summed E-state index contributed by atoms with van der Waals surface area (Å²) < 4.78 is 5.80. The summed E-state index contributed by atoms with van der Waals surface area (Å²) in [7, 11) is 0. The van der Waals surface area contributed by atoms with Crippen LogP contribution < -0.4 is 9.64 Å². The van der Waals surface area contributed by atoms with Crippen molar-refractivity contribution in [2.75, 3.05) is 18.0 Å². The van der Waals surface area contributed by atoms with Crippen molar-refractivity contribution in [3.05, 3.63) is 73.3 Å². The van der Waals surface area contributed by atoms with E-state index >= 15 is 0 Å². The number of nitrogens with zero attached hydrogens (tertiary/aromatic N) is 1. The van der Waals surface area contributed by atoms with Gasteiger partial charge in [-0.05, 0) is 29.3 Å². The lowest BCUT2D eigenvalue weighted by molar-refractivity contribution is 0.302. The summed E-state index contributed by atoms with van der Waals surface area (Å²) in [5.41, 5.74) is 4.84. The molecule has 0 radical (unpaired) electrons. The number of anilines is 1. The monoisotopic (exact) mass is 277 g/mol. The Morgan fingerprint density at radius 1 is 1.00 bits per heavy atom. The molecule has 0 saturated heterocycles. The van der Waals surface area contributed by atoms with E-state index in [2.05, 4.69) is 48.4 Å². The topological polar surface area (TPSA) is 12.5 Å². The second-order valence-corrected chi connectivity index (χ2v) is 5.11. The molecule has 1 aliphatic heterocycles. The highest BCUT2D eigenvalue weighted by molar-refractivity contribution is 5.78. The fraction of sp³-hybridized carbons (Fsp3) is 0.158. The molecule has 0 bridgehead atoms. The lowest BCUT2D eigenvalue weighted by Gasteiger charge is -2.26. The van der Waals surface area contributed by atoms with E-state index in [0.717, 1.165) is 24.4 Å². The van der Waals surface area contributed by atoms with Crippen LogP contribution in [0.3, 0.4) is 0 Å². The number of para-hydroxylation sites is 1. The van der Waals surface area contributed by atoms with E-state index in [1.54, 1.807) is 0 Å². The molecule has 2 nitrogen and oxygen atoms in total. The Kier molecular flexibility index (Phi) is 3.78. The van der Waals surface area contributed by atoms with E-state index in [4.69, 9.17) is 4.74 Å². The van der Waals surface area contributed by atoms with Crippen molar-refractivity contribution in [3.63, 3.8) is 0 Å². The number of rotatable bonds is 5. The Balaban J connectivity index is 2.04. The Morgan fingerprint density at radius 3 is 2.52 bits per heavy atom. The average Bonchev–Trinajstić information content (AvgIpc) is 2.54. The molecule has 0 spiro atoms. The number of benzene rings is 2. The van der Waals surface area contributed by atoms with Crippen LogP contribution in [0.4, 0.5) is 5.69 Å². The third-order valence-electron chi connectivity index (χ3n) is 3.72. The number of hydrogen-bond acceptors (Lipinski definition) is 2. The second-order valence-electron chi connectivity index (χ2n) is 5.11. The maximum atomic E-state index is 5.80. The minimum Gasteiger partial charge on any atom is -0.488 e. The Bertz CT molecular complexity index is 665. The standard InChI is InChI=1S/C19H19NO/c1-3-11-20(12-4-2)16-10-9-15-14-21-19-8-6-5-7-17(19)18(15)13-16/h3-10,13H,1-2,11-12,14H2. The van der Waals surface area contributed by atoms with Gasteiger partial charge in [0.15, 0.2) is 0 Å². The predicted molar refractivity (Wildman–Crippen MR) is 88.8 cm³/mol. The first-order valence-corrected chi connectivity index (χ1v) is 7.15. The predicted octanol–water partition coefficient (Wildman–Crippen LogP) is 4.42. The van der Waals surface area contributed by atoms with Crippen molar-refractivity contribution in [1.82, 2.24) is 0 Å². The van der Waals surface area contributed by atoms with Crippen LogP contribution >= 0.6 is 0 Å². The minimum absolute atomic E-state index is 0.634. The molecular weight excluding hydrogens is 258 g/mol. The molecule has 0 aromatic heterocycles. The first kappa shape index (κ1) is 13.5. The van der Waals surface area contributed by atoms with Crippen LogP contribution in [-0.4, -0.2) is 13.1 Å². The van der Waals surface area contributed by atoms with Crippen LogP contribution in [0, 0.1) is 0 Å². The zero-order valence-electron chi connectivity index (χ0n) is 12.1. The molecule has 0 amide bonds. The molecular formula is C19H19NO. The van der Waals surface area contributed by atoms with Crippen molar-refractivity contribution >= 4 is 5.69 Å². The van der Waals surface area contributed by atoms with Gasteiger partial charge in [-0.25, -0.2) is 0 Å². The van der Waals surface area contributed by atoms with Crippen molar-refractivity contribution in [2.24, 2.45) is 0 Å². The van der Waals surface area contributed by atoms with Gasteiger partial charge in [0.05, 0.1) is 0 Å². The van der Waals surface area contributed by atoms with Crippen LogP contribution in [0.1, 0.15) is 5.56 Å². The maximum absolute atomic E-state index is 5.80. The number of fused-ring (bicyclic) bond motifs is 3. The molecule has 0 atom stereocenters. The van der Waals surface area contributed by atoms with E-state index in [0.29, 0.717) is 6.61 Å². The van der Waals surface area contributed by atoms with Gasteiger partial charge in [-0.1, -0.05) is 36.4 Å². The number of ether oxygens (including phenoxy) is 1. The van der Waals surface area contributed by atoms with Crippen molar-refractivity contribution < 1.29 is 4.74 Å². The molecule has 2 aromatic rings. The van der Waals surface area contributed by atoms with Gasteiger partial charge in [-0.2, -0.15) is 0 Å². The highest BCUT2D eigenvalue weighted by atomic mass is 16.5. The highest BCUT2D eigenvalue weighted by Gasteiger charge is 2.17. The normalized spacial score (nSPS) is 11.8. The van der Waals surface area contributed by atoms with Crippen LogP contribution in [0.25, 0.3) is 11.1 Å². The van der Waals surface area contributed by atoms with Crippen LogP contribution in [0.5, 0.6) is 5.75 Å². The van der Waals surface area contributed by atoms with Crippen molar-refractivity contribution in [1.29, 1.82) is 0 Å². The fourth-order valence-corrected chi connectivity index (χ4v) is 2.71. The van der Waals surface area contributed by atoms with E-state index in [-0.39, 0.29) is 0 Å². The summed E-state index contributed by atoms with van der Waals surface area (Å²) in [6.07, 6.45) is 3.83. The lowest BCUT2D eigenvalue weighted by Crippen LogP contribution is -2.23. The second kappa shape index (κ2) is 5.88. The summed E-state index contributed by atoms with van der Waals surface area (Å²) in [5.74, 6) is 0.959. The van der Waals surface area contributed by atoms with Gasteiger partial charge >= 0.3 is 0 Å².